The molecule has 0 radical (unpaired) electrons. The normalized spacial score (nSPS) is 19.8. The highest BCUT2D eigenvalue weighted by molar-refractivity contribution is 7.80. The average molecular weight is 291 g/mol. The van der Waals surface area contributed by atoms with E-state index in [9.17, 15) is 18.3 Å². The van der Waals surface area contributed by atoms with Gasteiger partial charge in [-0.3, -0.25) is 0 Å². The van der Waals surface area contributed by atoms with Crippen LogP contribution in [0.3, 0.4) is 0 Å². The third-order valence-electron chi connectivity index (χ3n) is 2.89. The summed E-state index contributed by atoms with van der Waals surface area (Å²) >= 11 is 4.82. The number of nitrogens with two attached hydrogens (primary N) is 1. The van der Waals surface area contributed by atoms with Crippen molar-refractivity contribution in [2.75, 3.05) is 18.0 Å². The summed E-state index contributed by atoms with van der Waals surface area (Å²) in [5.74, 6) is 0.0823. The summed E-state index contributed by atoms with van der Waals surface area (Å²) < 4.78 is 38.0. The number of halogens is 3. The van der Waals surface area contributed by atoms with Gasteiger partial charge in [0, 0.05) is 13.1 Å². The second-order valence-corrected chi connectivity index (χ2v) is 4.76. The van der Waals surface area contributed by atoms with Gasteiger partial charge in [-0.1, -0.05) is 12.2 Å². The highest BCUT2D eigenvalue weighted by Gasteiger charge is 2.34. The lowest BCUT2D eigenvalue weighted by atomic mass is 10.2. The van der Waals surface area contributed by atoms with E-state index in [2.05, 4.69) is 4.98 Å². The molecule has 3 N–H and O–H groups in total. The van der Waals surface area contributed by atoms with Crippen LogP contribution in [-0.2, 0) is 6.18 Å². The van der Waals surface area contributed by atoms with Crippen LogP contribution in [0.4, 0.5) is 19.0 Å². The summed E-state index contributed by atoms with van der Waals surface area (Å²) in [6, 6.07) is 2.07. The number of aliphatic hydroxyl groups excluding tert-OH is 1. The van der Waals surface area contributed by atoms with Crippen molar-refractivity contribution in [2.24, 2.45) is 5.73 Å². The molecule has 0 bridgehead atoms. The molecule has 1 fully saturated rings. The van der Waals surface area contributed by atoms with Crippen LogP contribution in [0, 0.1) is 0 Å². The molecule has 2 rings (SSSR count). The van der Waals surface area contributed by atoms with E-state index in [1.54, 1.807) is 4.90 Å². The van der Waals surface area contributed by atoms with Crippen molar-refractivity contribution in [2.45, 2.75) is 18.7 Å². The largest absolute Gasteiger partial charge is 0.433 e. The summed E-state index contributed by atoms with van der Waals surface area (Å²) in [4.78, 5) is 5.15. The van der Waals surface area contributed by atoms with Crippen LogP contribution in [0.5, 0.6) is 0 Å². The Morgan fingerprint density at radius 2 is 2.16 bits per heavy atom. The molecule has 2 heterocycles. The first-order chi connectivity index (χ1) is 8.79. The van der Waals surface area contributed by atoms with E-state index in [1.807, 2.05) is 0 Å². The number of hydrogen-bond donors (Lipinski definition) is 2. The minimum absolute atomic E-state index is 0.0161. The molecule has 0 spiro atoms. The van der Waals surface area contributed by atoms with E-state index in [-0.39, 0.29) is 22.9 Å². The van der Waals surface area contributed by atoms with E-state index in [0.29, 0.717) is 13.0 Å². The van der Waals surface area contributed by atoms with Crippen LogP contribution in [-0.4, -0.2) is 34.3 Å². The van der Waals surface area contributed by atoms with Crippen LogP contribution < -0.4 is 10.6 Å². The van der Waals surface area contributed by atoms with Crippen LogP contribution in [0.1, 0.15) is 17.7 Å². The highest BCUT2D eigenvalue weighted by atomic mass is 32.1. The Morgan fingerprint density at radius 1 is 1.47 bits per heavy atom. The fourth-order valence-corrected chi connectivity index (χ4v) is 2.13. The van der Waals surface area contributed by atoms with Gasteiger partial charge in [0.15, 0.2) is 0 Å². The number of nitrogens with zero attached hydrogens (tertiary/aromatic N) is 2. The lowest BCUT2D eigenvalue weighted by molar-refractivity contribution is -0.141. The molecule has 0 amide bonds. The molecule has 1 aliphatic rings. The van der Waals surface area contributed by atoms with E-state index in [4.69, 9.17) is 18.0 Å². The number of aliphatic hydroxyl groups is 1. The topological polar surface area (TPSA) is 62.4 Å². The molecule has 1 saturated heterocycles. The second kappa shape index (κ2) is 4.93. The molecule has 4 nitrogen and oxygen atoms in total. The number of rotatable bonds is 2. The Hall–Kier alpha value is -1.41. The fourth-order valence-electron chi connectivity index (χ4n) is 1.97. The van der Waals surface area contributed by atoms with Gasteiger partial charge in [-0.2, -0.15) is 13.2 Å². The van der Waals surface area contributed by atoms with Gasteiger partial charge in [-0.25, -0.2) is 4.98 Å². The maximum Gasteiger partial charge on any atom is 0.433 e. The SMILES string of the molecule is NC(=S)c1ccc(C(F)(F)F)nc1N1CCC(O)C1. The molecule has 8 heteroatoms. The molecule has 0 aliphatic carbocycles. The van der Waals surface area contributed by atoms with Crippen molar-refractivity contribution in [3.63, 3.8) is 0 Å². The van der Waals surface area contributed by atoms with Crippen molar-refractivity contribution in [3.05, 3.63) is 23.4 Å². The summed E-state index contributed by atoms with van der Waals surface area (Å²) in [6.45, 7) is 0.648. The van der Waals surface area contributed by atoms with Gasteiger partial charge in [0.2, 0.25) is 0 Å². The molecule has 1 aromatic heterocycles. The molecule has 19 heavy (non-hydrogen) atoms. The monoisotopic (exact) mass is 291 g/mol. The molecular weight excluding hydrogens is 279 g/mol. The predicted octanol–water partition coefficient (Wildman–Crippen LogP) is 1.31. The van der Waals surface area contributed by atoms with Gasteiger partial charge in [0.25, 0.3) is 0 Å². The molecule has 1 atom stereocenters. The summed E-state index contributed by atoms with van der Waals surface area (Å²) in [5, 5.41) is 9.46. The van der Waals surface area contributed by atoms with Gasteiger partial charge in [-0.15, -0.1) is 0 Å². The van der Waals surface area contributed by atoms with Crippen LogP contribution >= 0.6 is 12.2 Å². The number of aromatic nitrogens is 1. The Morgan fingerprint density at radius 3 is 2.63 bits per heavy atom. The second-order valence-electron chi connectivity index (χ2n) is 4.32. The van der Waals surface area contributed by atoms with Gasteiger partial charge in [0.05, 0.1) is 11.7 Å². The molecule has 1 aliphatic heterocycles. The van der Waals surface area contributed by atoms with Crippen LogP contribution in [0.25, 0.3) is 0 Å². The molecule has 0 saturated carbocycles. The van der Waals surface area contributed by atoms with E-state index in [1.165, 1.54) is 6.07 Å². The number of hydrogen-bond acceptors (Lipinski definition) is 4. The van der Waals surface area contributed by atoms with Crippen molar-refractivity contribution < 1.29 is 18.3 Å². The van der Waals surface area contributed by atoms with Gasteiger partial charge < -0.3 is 15.7 Å². The number of thiocarbonyl (C=S) groups is 1. The van der Waals surface area contributed by atoms with E-state index < -0.39 is 18.0 Å². The summed E-state index contributed by atoms with van der Waals surface area (Å²) in [6.07, 6.45) is -4.62. The molecule has 104 valence electrons. The lowest BCUT2D eigenvalue weighted by Gasteiger charge is -2.21. The predicted molar refractivity (Wildman–Crippen MR) is 68.0 cm³/mol. The van der Waals surface area contributed by atoms with E-state index in [0.717, 1.165) is 6.07 Å². The fraction of sp³-hybridized carbons (Fsp3) is 0.455. The third-order valence-corrected chi connectivity index (χ3v) is 3.11. The molecule has 0 aromatic carbocycles. The number of β-amino-alcohol motifs (C(OH)–C–C–N with tert-alkyl or cyclic N) is 1. The Kier molecular flexibility index (Phi) is 3.64. The molecule has 1 unspecified atom stereocenters. The Balaban J connectivity index is 2.45. The van der Waals surface area contributed by atoms with Crippen molar-refractivity contribution >= 4 is 23.0 Å². The maximum absolute atomic E-state index is 12.7. The van der Waals surface area contributed by atoms with E-state index >= 15 is 0 Å². The summed E-state index contributed by atoms with van der Waals surface area (Å²) in [5.41, 5.74) is 4.79. The van der Waals surface area contributed by atoms with Gasteiger partial charge in [-0.05, 0) is 18.6 Å². The smallest absolute Gasteiger partial charge is 0.391 e. The van der Waals surface area contributed by atoms with Crippen molar-refractivity contribution in [1.82, 2.24) is 4.98 Å². The molecular formula is C11H12F3N3OS. The van der Waals surface area contributed by atoms with Crippen LogP contribution in [0.15, 0.2) is 12.1 Å². The van der Waals surface area contributed by atoms with Crippen molar-refractivity contribution in [3.8, 4) is 0 Å². The first-order valence-corrected chi connectivity index (χ1v) is 6.01. The molecule has 1 aromatic rings. The van der Waals surface area contributed by atoms with Crippen LogP contribution in [0.2, 0.25) is 0 Å². The van der Waals surface area contributed by atoms with Crippen molar-refractivity contribution in [1.29, 1.82) is 0 Å². The third kappa shape index (κ3) is 2.95. The zero-order chi connectivity index (χ0) is 14.2. The number of alkyl halides is 3. The number of pyridine rings is 1. The lowest BCUT2D eigenvalue weighted by Crippen LogP contribution is -2.27. The summed E-state index contributed by atoms with van der Waals surface area (Å²) in [7, 11) is 0. The van der Waals surface area contributed by atoms with Gasteiger partial charge >= 0.3 is 6.18 Å². The standard InChI is InChI=1S/C11H12F3N3OS/c12-11(13,14)8-2-1-7(9(15)19)10(16-8)17-4-3-6(18)5-17/h1-2,6,18H,3-5H2,(H2,15,19). The minimum atomic E-state index is -4.53. The average Bonchev–Trinajstić information content (AvgIpc) is 2.73. The first-order valence-electron chi connectivity index (χ1n) is 5.60. The zero-order valence-corrected chi connectivity index (χ0v) is 10.6. The number of anilines is 1. The maximum atomic E-state index is 12.7. The first kappa shape index (κ1) is 14.0. The highest BCUT2D eigenvalue weighted by Crippen LogP contribution is 2.31. The quantitative estimate of drug-likeness (QED) is 0.804. The minimum Gasteiger partial charge on any atom is -0.391 e. The zero-order valence-electron chi connectivity index (χ0n) is 9.81. The Bertz CT molecular complexity index is 506. The van der Waals surface area contributed by atoms with Gasteiger partial charge in [0.1, 0.15) is 16.5 Å². The Labute approximate surface area is 113 Å².